The molecule has 13 heavy (non-hydrogen) atoms. The van der Waals surface area contributed by atoms with Crippen LogP contribution in [0, 0.1) is 5.92 Å². The Hall–Kier alpha value is -0.136. The van der Waals surface area contributed by atoms with Gasteiger partial charge in [-0.2, -0.15) is 0 Å². The molecule has 2 unspecified atom stereocenters. The maximum Gasteiger partial charge on any atom is 0.305 e. The van der Waals surface area contributed by atoms with Crippen LogP contribution in [-0.2, 0) is 8.91 Å². The summed E-state index contributed by atoms with van der Waals surface area (Å²) in [5.74, 6) is -0.962. The molecule has 0 fully saturated rings. The van der Waals surface area contributed by atoms with Crippen LogP contribution in [0.1, 0.15) is 6.92 Å². The van der Waals surface area contributed by atoms with Crippen molar-refractivity contribution in [3.05, 3.63) is 0 Å². The molecule has 1 N–H and O–H groups in total. The number of hydrogen-bond acceptors (Lipinski definition) is 2. The molecule has 3 nitrogen and oxygen atoms in total. The molecule has 78 valence electrons. The number of hydrogen-bond donors (Lipinski definition) is 1. The molecule has 0 bridgehead atoms. The minimum Gasteiger partial charge on any atom is -0.481 e. The highest BCUT2D eigenvalue weighted by molar-refractivity contribution is 6.77. The largest absolute Gasteiger partial charge is 0.481 e. The Morgan fingerprint density at radius 3 is 2.31 bits per heavy atom. The molecule has 0 aliphatic rings. The van der Waals surface area contributed by atoms with Crippen LogP contribution < -0.4 is 0 Å². The van der Waals surface area contributed by atoms with E-state index in [-0.39, 0.29) is 5.92 Å². The molecule has 0 spiro atoms. The summed E-state index contributed by atoms with van der Waals surface area (Å²) in [6, 6.07) is 0.736. The van der Waals surface area contributed by atoms with Crippen LogP contribution >= 0.6 is 0 Å². The lowest BCUT2D eigenvalue weighted by Crippen LogP contribution is -2.34. The summed E-state index contributed by atoms with van der Waals surface area (Å²) in [6.07, 6.45) is 0. The third-order valence-electron chi connectivity index (χ3n) is 1.66. The lowest BCUT2D eigenvalue weighted by Gasteiger charge is -2.23. The number of carboxylic acids is 1. The summed E-state index contributed by atoms with van der Waals surface area (Å²) in [4.78, 5) is 10.6. The average molecular weight is 220 g/mol. The van der Waals surface area contributed by atoms with Crippen LogP contribution in [-0.4, -0.2) is 28.4 Å². The van der Waals surface area contributed by atoms with Gasteiger partial charge in [0.1, 0.15) is 0 Å². The number of rotatable bonds is 5. The third kappa shape index (κ3) is 6.98. The molecule has 0 aromatic heterocycles. The van der Waals surface area contributed by atoms with Gasteiger partial charge in [0.25, 0.3) is 0 Å². The number of carbonyl (C=O) groups is 1. The molecule has 0 rings (SSSR count). The van der Waals surface area contributed by atoms with Crippen LogP contribution in [0.25, 0.3) is 0 Å². The van der Waals surface area contributed by atoms with E-state index in [1.807, 2.05) is 0 Å². The van der Waals surface area contributed by atoms with E-state index in [9.17, 15) is 4.79 Å². The summed E-state index contributed by atoms with van der Waals surface area (Å²) in [6.45, 7) is 10.3. The highest BCUT2D eigenvalue weighted by Crippen LogP contribution is 2.12. The Kier molecular flexibility index (Phi) is 4.87. The Morgan fingerprint density at radius 1 is 1.54 bits per heavy atom. The minimum atomic E-state index is -1.45. The standard InChI is InChI=1S/C8H20O3Si2/c1-7(8(9)10)6-12(2)11-13(3,4)5/h7,12H,6H2,1-5H3,(H,9,10). The Balaban J connectivity index is 3.88. The van der Waals surface area contributed by atoms with Crippen molar-refractivity contribution < 1.29 is 14.0 Å². The van der Waals surface area contributed by atoms with Gasteiger partial charge in [-0.3, -0.25) is 4.79 Å². The van der Waals surface area contributed by atoms with Gasteiger partial charge in [-0.25, -0.2) is 0 Å². The van der Waals surface area contributed by atoms with Crippen LogP contribution in [0.5, 0.6) is 0 Å². The maximum atomic E-state index is 10.6. The SMILES string of the molecule is CC(C[SiH](C)O[Si](C)(C)C)C(=O)O. The van der Waals surface area contributed by atoms with Crippen LogP contribution in [0.3, 0.4) is 0 Å². The predicted octanol–water partition coefficient (Wildman–Crippen LogP) is 1.91. The first-order valence-corrected chi connectivity index (χ1v) is 10.5. The topological polar surface area (TPSA) is 46.5 Å². The van der Waals surface area contributed by atoms with Gasteiger partial charge in [0.2, 0.25) is 0 Å². The Morgan fingerprint density at radius 2 is 2.00 bits per heavy atom. The summed E-state index contributed by atoms with van der Waals surface area (Å²) < 4.78 is 5.87. The summed E-state index contributed by atoms with van der Waals surface area (Å²) in [7, 11) is -2.71. The van der Waals surface area contributed by atoms with Crippen molar-refractivity contribution in [2.75, 3.05) is 0 Å². The quantitative estimate of drug-likeness (QED) is 0.720. The van der Waals surface area contributed by atoms with E-state index < -0.39 is 23.3 Å². The highest BCUT2D eigenvalue weighted by atomic mass is 28.4. The molecule has 0 saturated heterocycles. The van der Waals surface area contributed by atoms with Crippen LogP contribution in [0.4, 0.5) is 0 Å². The van der Waals surface area contributed by atoms with Crippen molar-refractivity contribution in [3.8, 4) is 0 Å². The second kappa shape index (κ2) is 4.92. The van der Waals surface area contributed by atoms with E-state index in [2.05, 4.69) is 26.2 Å². The van der Waals surface area contributed by atoms with Gasteiger partial charge < -0.3 is 9.22 Å². The van der Waals surface area contributed by atoms with E-state index in [1.165, 1.54) is 0 Å². The first-order chi connectivity index (χ1) is 5.72. The molecular weight excluding hydrogens is 200 g/mol. The average Bonchev–Trinajstić information content (AvgIpc) is 1.81. The van der Waals surface area contributed by atoms with E-state index >= 15 is 0 Å². The number of carboxylic acid groups (broad SMARTS) is 1. The molecule has 0 heterocycles. The minimum absolute atomic E-state index is 0.252. The molecule has 0 aliphatic carbocycles. The van der Waals surface area contributed by atoms with Gasteiger partial charge in [-0.1, -0.05) is 6.92 Å². The number of aliphatic carboxylic acids is 1. The van der Waals surface area contributed by atoms with Crippen molar-refractivity contribution in [1.29, 1.82) is 0 Å². The second-order valence-corrected chi connectivity index (χ2v) is 11.8. The molecule has 5 heteroatoms. The molecule has 0 aliphatic heterocycles. The van der Waals surface area contributed by atoms with Crippen LogP contribution in [0.15, 0.2) is 0 Å². The van der Waals surface area contributed by atoms with Gasteiger partial charge >= 0.3 is 5.97 Å². The lowest BCUT2D eigenvalue weighted by molar-refractivity contribution is -0.140. The molecular formula is C8H20O3Si2. The fourth-order valence-electron chi connectivity index (χ4n) is 1.25. The smallest absolute Gasteiger partial charge is 0.305 e. The van der Waals surface area contributed by atoms with Gasteiger partial charge in [0.05, 0.1) is 5.92 Å². The zero-order chi connectivity index (χ0) is 10.6. The van der Waals surface area contributed by atoms with E-state index in [0.717, 1.165) is 6.04 Å². The zero-order valence-electron chi connectivity index (χ0n) is 9.13. The van der Waals surface area contributed by atoms with Gasteiger partial charge in [-0.05, 0) is 32.2 Å². The zero-order valence-corrected chi connectivity index (χ0v) is 11.3. The van der Waals surface area contributed by atoms with Crippen LogP contribution in [0.2, 0.25) is 32.2 Å². The van der Waals surface area contributed by atoms with Gasteiger partial charge in [0.15, 0.2) is 17.4 Å². The molecule has 0 radical (unpaired) electrons. The second-order valence-electron chi connectivity index (χ2n) is 4.52. The Labute approximate surface area is 83.0 Å². The third-order valence-corrected chi connectivity index (χ3v) is 7.47. The van der Waals surface area contributed by atoms with Gasteiger partial charge in [0, 0.05) is 0 Å². The first-order valence-electron chi connectivity index (χ1n) is 4.63. The summed E-state index contributed by atoms with van der Waals surface area (Å²) in [5.41, 5.74) is 0. The monoisotopic (exact) mass is 220 g/mol. The predicted molar refractivity (Wildman–Crippen MR) is 59.1 cm³/mol. The van der Waals surface area contributed by atoms with Gasteiger partial charge in [-0.15, -0.1) is 0 Å². The molecule has 0 saturated carbocycles. The Bertz CT molecular complexity index is 177. The first kappa shape index (κ1) is 12.9. The van der Waals surface area contributed by atoms with E-state index in [0.29, 0.717) is 0 Å². The van der Waals surface area contributed by atoms with Crippen molar-refractivity contribution in [1.82, 2.24) is 0 Å². The summed E-state index contributed by atoms with van der Waals surface area (Å²) in [5, 5.41) is 8.71. The lowest BCUT2D eigenvalue weighted by atomic mass is 10.2. The maximum absolute atomic E-state index is 10.6. The molecule has 0 amide bonds. The molecule has 2 atom stereocenters. The highest BCUT2D eigenvalue weighted by Gasteiger charge is 2.22. The van der Waals surface area contributed by atoms with E-state index in [4.69, 9.17) is 9.22 Å². The van der Waals surface area contributed by atoms with Crippen molar-refractivity contribution >= 4 is 23.3 Å². The normalized spacial score (nSPS) is 16.7. The van der Waals surface area contributed by atoms with Crippen molar-refractivity contribution in [3.63, 3.8) is 0 Å². The fraction of sp³-hybridized carbons (Fsp3) is 0.875. The molecule has 0 aromatic carbocycles. The van der Waals surface area contributed by atoms with E-state index in [1.54, 1.807) is 6.92 Å². The summed E-state index contributed by atoms with van der Waals surface area (Å²) >= 11 is 0. The molecule has 0 aromatic rings. The van der Waals surface area contributed by atoms with Crippen molar-refractivity contribution in [2.45, 2.75) is 39.2 Å². The van der Waals surface area contributed by atoms with Crippen molar-refractivity contribution in [2.24, 2.45) is 5.92 Å². The fourth-order valence-corrected chi connectivity index (χ4v) is 7.66.